The molecule has 0 aromatic rings. The number of rotatable bonds is 10. The third-order valence-electron chi connectivity index (χ3n) is 6.82. The van der Waals surface area contributed by atoms with Crippen LogP contribution in [0, 0.1) is 0 Å². The molecule has 6 nitrogen and oxygen atoms in total. The Labute approximate surface area is 202 Å². The van der Waals surface area contributed by atoms with Gasteiger partial charge in [0.25, 0.3) is 11.2 Å². The molecular formula is C18H18F14O6. The van der Waals surface area contributed by atoms with Gasteiger partial charge in [-0.2, -0.15) is 52.7 Å². The van der Waals surface area contributed by atoms with Crippen molar-refractivity contribution < 1.29 is 90.6 Å². The van der Waals surface area contributed by atoms with Crippen LogP contribution in [0.2, 0.25) is 0 Å². The van der Waals surface area contributed by atoms with Crippen LogP contribution in [0.15, 0.2) is 0 Å². The average molecular weight is 596 g/mol. The summed E-state index contributed by atoms with van der Waals surface area (Å²) in [7, 11) is 0. The second-order valence-electron chi connectivity index (χ2n) is 8.69. The third kappa shape index (κ3) is 2.55. The Hall–Kier alpha value is -1.22. The molecule has 4 rings (SSSR count). The zero-order chi connectivity index (χ0) is 29.8. The van der Waals surface area contributed by atoms with Gasteiger partial charge in [-0.05, 0) is 13.8 Å². The molecule has 2 unspecified atom stereocenters. The highest BCUT2D eigenvalue weighted by Gasteiger charge is 3.23. The zero-order valence-corrected chi connectivity index (χ0v) is 18.8. The first-order valence-corrected chi connectivity index (χ1v) is 10.4. The number of halogens is 14. The van der Waals surface area contributed by atoms with Gasteiger partial charge in [0.05, 0.1) is 26.4 Å². The summed E-state index contributed by atoms with van der Waals surface area (Å²) in [6.07, 6.45) is -6.05. The van der Waals surface area contributed by atoms with Crippen LogP contribution in [0.1, 0.15) is 13.8 Å². The number of ether oxygens (including phenoxy) is 4. The van der Waals surface area contributed by atoms with Gasteiger partial charge in [0, 0.05) is 0 Å². The van der Waals surface area contributed by atoms with Crippen LogP contribution in [-0.2, 0) is 18.9 Å². The summed E-state index contributed by atoms with van der Waals surface area (Å²) in [5.74, 6) is -45.4. The van der Waals surface area contributed by atoms with Crippen LogP contribution in [0.4, 0.5) is 61.5 Å². The fourth-order valence-corrected chi connectivity index (χ4v) is 5.27. The molecule has 2 N–H and O–H groups in total. The van der Waals surface area contributed by atoms with Gasteiger partial charge in [0.2, 0.25) is 0 Å². The molecule has 4 fully saturated rings. The number of hydrogen-bond acceptors (Lipinski definition) is 6. The fraction of sp³-hybridized carbons (Fsp3) is 1.00. The van der Waals surface area contributed by atoms with Crippen molar-refractivity contribution in [3.8, 4) is 0 Å². The van der Waals surface area contributed by atoms with E-state index in [2.05, 4.69) is 18.9 Å². The lowest BCUT2D eigenvalue weighted by Gasteiger charge is -2.76. The molecule has 2 atom stereocenters. The first kappa shape index (κ1) is 31.3. The summed E-state index contributed by atoms with van der Waals surface area (Å²) in [5, 5.41) is 17.3. The van der Waals surface area contributed by atoms with E-state index in [0.717, 1.165) is 0 Å². The zero-order valence-electron chi connectivity index (χ0n) is 18.8. The molecule has 0 aliphatic heterocycles. The van der Waals surface area contributed by atoms with E-state index in [9.17, 15) is 8.78 Å². The van der Waals surface area contributed by atoms with Gasteiger partial charge in [-0.3, -0.25) is 0 Å². The van der Waals surface area contributed by atoms with Crippen LogP contribution in [-0.4, -0.2) is 107 Å². The second-order valence-corrected chi connectivity index (χ2v) is 8.69. The summed E-state index contributed by atoms with van der Waals surface area (Å²) >= 11 is 0. The average Bonchev–Trinajstić information content (AvgIpc) is 2.78. The van der Waals surface area contributed by atoms with Crippen LogP contribution in [0.5, 0.6) is 0 Å². The smallest absolute Gasteiger partial charge is 0.339 e. The first-order chi connectivity index (χ1) is 16.9. The molecular weight excluding hydrogens is 578 g/mol. The monoisotopic (exact) mass is 596 g/mol. The minimum atomic E-state index is -7.79. The maximum Gasteiger partial charge on any atom is 0.339 e. The first-order valence-electron chi connectivity index (χ1n) is 10.4. The van der Waals surface area contributed by atoms with Crippen molar-refractivity contribution in [1.82, 2.24) is 0 Å². The lowest BCUT2D eigenvalue weighted by atomic mass is 9.39. The minimum absolute atomic E-state index is 0.154. The Kier molecular flexibility index (Phi) is 6.73. The predicted molar refractivity (Wildman–Crippen MR) is 90.0 cm³/mol. The molecule has 4 aliphatic carbocycles. The topological polar surface area (TPSA) is 77.4 Å². The fourth-order valence-electron chi connectivity index (χ4n) is 5.27. The van der Waals surface area contributed by atoms with E-state index in [-0.39, 0.29) is 13.8 Å². The molecule has 0 heterocycles. The SMILES string of the molecule is CC(OCCO)OC12C(F)(F)C3(F)C(F)(F)C(F)(C1(F)F)C(F)(F)C(OC(C)OCCO)(C3(F)F)C2(F)F. The standard InChI is InChI=1S/C18H18F14O6/c1-7(35-5-3-33)37-11-14(23,24)9(19)13(21,22)10(20,15(11,25)26)17(29,30)12(16(9,27)28,18(11,31)32)38-8(2)36-6-4-34/h7-8,33-34H,3-6H2,1-2H3. The molecule has 0 aromatic carbocycles. The lowest BCUT2D eigenvalue weighted by molar-refractivity contribution is -0.638. The van der Waals surface area contributed by atoms with Gasteiger partial charge in [0.1, 0.15) is 0 Å². The van der Waals surface area contributed by atoms with Crippen LogP contribution in [0.3, 0.4) is 0 Å². The van der Waals surface area contributed by atoms with Crippen molar-refractivity contribution in [2.45, 2.75) is 84.5 Å². The van der Waals surface area contributed by atoms with Crippen molar-refractivity contribution in [2.75, 3.05) is 26.4 Å². The molecule has 0 amide bonds. The Morgan fingerprint density at radius 1 is 0.474 bits per heavy atom. The van der Waals surface area contributed by atoms with E-state index in [1.165, 1.54) is 0 Å². The van der Waals surface area contributed by atoms with Crippen LogP contribution in [0.25, 0.3) is 0 Å². The molecule has 0 aromatic heterocycles. The van der Waals surface area contributed by atoms with E-state index in [1.54, 1.807) is 0 Å². The molecule has 0 radical (unpaired) electrons. The van der Waals surface area contributed by atoms with Gasteiger partial charge in [-0.25, -0.2) is 8.78 Å². The van der Waals surface area contributed by atoms with Gasteiger partial charge < -0.3 is 29.2 Å². The number of aliphatic hydroxyl groups excluding tert-OH is 2. The normalized spacial score (nSPS) is 42.2. The van der Waals surface area contributed by atoms with Crippen LogP contribution < -0.4 is 0 Å². The second kappa shape index (κ2) is 8.17. The Balaban J connectivity index is 2.54. The van der Waals surface area contributed by atoms with E-state index >= 15 is 52.7 Å². The maximum absolute atomic E-state index is 15.8. The van der Waals surface area contributed by atoms with Gasteiger partial charge >= 0.3 is 46.9 Å². The van der Waals surface area contributed by atoms with Gasteiger partial charge in [-0.1, -0.05) is 0 Å². The molecule has 20 heteroatoms. The highest BCUT2D eigenvalue weighted by molar-refractivity contribution is 5.54. The molecule has 0 spiro atoms. The summed E-state index contributed by atoms with van der Waals surface area (Å²) in [4.78, 5) is 0. The number of alkyl halides is 14. The van der Waals surface area contributed by atoms with Crippen molar-refractivity contribution in [3.63, 3.8) is 0 Å². The molecule has 0 saturated heterocycles. The van der Waals surface area contributed by atoms with Crippen molar-refractivity contribution in [3.05, 3.63) is 0 Å². The van der Waals surface area contributed by atoms with Crippen molar-refractivity contribution in [1.29, 1.82) is 0 Å². The van der Waals surface area contributed by atoms with E-state index in [4.69, 9.17) is 10.2 Å². The summed E-state index contributed by atoms with van der Waals surface area (Å²) in [6, 6.07) is 0. The molecule has 224 valence electrons. The molecule has 4 saturated carbocycles. The Bertz CT molecular complexity index is 841. The lowest BCUT2D eigenvalue weighted by Crippen LogP contribution is -3.11. The minimum Gasteiger partial charge on any atom is -0.394 e. The van der Waals surface area contributed by atoms with E-state index < -0.39 is 97.1 Å². The Morgan fingerprint density at radius 2 is 0.737 bits per heavy atom. The highest BCUT2D eigenvalue weighted by atomic mass is 19.3. The summed E-state index contributed by atoms with van der Waals surface area (Å²) in [6.45, 7) is -4.21. The van der Waals surface area contributed by atoms with Gasteiger partial charge in [0.15, 0.2) is 12.6 Å². The molecule has 4 aliphatic rings. The summed E-state index contributed by atoms with van der Waals surface area (Å²) in [5.41, 5.74) is -28.9. The quantitative estimate of drug-likeness (QED) is 0.297. The maximum atomic E-state index is 15.8. The van der Waals surface area contributed by atoms with Crippen LogP contribution >= 0.6 is 0 Å². The summed E-state index contributed by atoms with van der Waals surface area (Å²) < 4.78 is 230. The number of hydrogen-bond donors (Lipinski definition) is 2. The number of aliphatic hydroxyl groups is 2. The van der Waals surface area contributed by atoms with Crippen molar-refractivity contribution in [2.24, 2.45) is 0 Å². The van der Waals surface area contributed by atoms with E-state index in [1.807, 2.05) is 0 Å². The van der Waals surface area contributed by atoms with E-state index in [0.29, 0.717) is 0 Å². The largest absolute Gasteiger partial charge is 0.394 e. The van der Waals surface area contributed by atoms with Gasteiger partial charge in [-0.15, -0.1) is 0 Å². The van der Waals surface area contributed by atoms with Crippen molar-refractivity contribution >= 4 is 0 Å². The highest BCUT2D eigenvalue weighted by Crippen LogP contribution is 2.88. The third-order valence-corrected chi connectivity index (χ3v) is 6.82. The molecule has 38 heavy (non-hydrogen) atoms. The predicted octanol–water partition coefficient (Wildman–Crippen LogP) is 3.48. The molecule has 4 bridgehead atoms. The Morgan fingerprint density at radius 3 is 0.974 bits per heavy atom.